The summed E-state index contributed by atoms with van der Waals surface area (Å²) in [4.78, 5) is 29.3. The van der Waals surface area contributed by atoms with Crippen LogP contribution in [0.1, 0.15) is 35.5 Å². The van der Waals surface area contributed by atoms with Crippen LogP contribution in [-0.2, 0) is 6.54 Å². The highest BCUT2D eigenvalue weighted by Gasteiger charge is 2.21. The molecule has 110 valence electrons. The zero-order chi connectivity index (χ0) is 15.4. The van der Waals surface area contributed by atoms with Gasteiger partial charge in [-0.25, -0.2) is 0 Å². The third-order valence-corrected chi connectivity index (χ3v) is 3.37. The van der Waals surface area contributed by atoms with E-state index >= 15 is 0 Å². The van der Waals surface area contributed by atoms with Gasteiger partial charge in [-0.05, 0) is 26.3 Å². The van der Waals surface area contributed by atoms with E-state index in [9.17, 15) is 9.59 Å². The zero-order valence-electron chi connectivity index (χ0n) is 12.6. The molecule has 0 saturated carbocycles. The van der Waals surface area contributed by atoms with Gasteiger partial charge in [-0.3, -0.25) is 9.59 Å². The van der Waals surface area contributed by atoms with Gasteiger partial charge in [-0.1, -0.05) is 30.3 Å². The fourth-order valence-corrected chi connectivity index (χ4v) is 2.16. The first-order valence-corrected chi connectivity index (χ1v) is 7.03. The average Bonchev–Trinajstić information content (AvgIpc) is 2.45. The number of aromatic amines is 1. The Balaban J connectivity index is 2.30. The van der Waals surface area contributed by atoms with Gasteiger partial charge in [0, 0.05) is 30.5 Å². The monoisotopic (exact) mass is 284 g/mol. The molecule has 0 aliphatic rings. The summed E-state index contributed by atoms with van der Waals surface area (Å²) in [6, 6.07) is 11.2. The van der Waals surface area contributed by atoms with Crippen LogP contribution in [-0.4, -0.2) is 21.8 Å². The molecule has 0 aliphatic carbocycles. The lowest BCUT2D eigenvalue weighted by Gasteiger charge is -2.26. The van der Waals surface area contributed by atoms with E-state index in [1.165, 1.54) is 12.3 Å². The lowest BCUT2D eigenvalue weighted by atomic mass is 10.1. The van der Waals surface area contributed by atoms with Crippen LogP contribution >= 0.6 is 0 Å². The Morgan fingerprint density at radius 1 is 1.24 bits per heavy atom. The third-order valence-electron chi connectivity index (χ3n) is 3.37. The lowest BCUT2D eigenvalue weighted by Crippen LogP contribution is -2.38. The highest BCUT2D eigenvalue weighted by Crippen LogP contribution is 2.11. The van der Waals surface area contributed by atoms with Crippen LogP contribution in [0.4, 0.5) is 0 Å². The van der Waals surface area contributed by atoms with Gasteiger partial charge in [-0.2, -0.15) is 0 Å². The second-order valence-electron chi connectivity index (χ2n) is 5.41. The number of amides is 1. The number of hydrogen-bond acceptors (Lipinski definition) is 2. The number of aromatic nitrogens is 1. The summed E-state index contributed by atoms with van der Waals surface area (Å²) in [5, 5.41) is 0. The molecular formula is C17H20N2O2. The summed E-state index contributed by atoms with van der Waals surface area (Å²) in [6.45, 7) is 6.18. The molecule has 2 rings (SSSR count). The van der Waals surface area contributed by atoms with Crippen molar-refractivity contribution in [1.82, 2.24) is 9.88 Å². The molecule has 1 heterocycles. The first-order chi connectivity index (χ1) is 9.99. The first-order valence-electron chi connectivity index (χ1n) is 7.03. The first kappa shape index (κ1) is 15.0. The summed E-state index contributed by atoms with van der Waals surface area (Å²) < 4.78 is 0. The topological polar surface area (TPSA) is 53.2 Å². The molecule has 1 N–H and O–H groups in total. The number of H-pyrrole nitrogens is 1. The maximum absolute atomic E-state index is 12.6. The van der Waals surface area contributed by atoms with E-state index in [4.69, 9.17) is 0 Å². The van der Waals surface area contributed by atoms with E-state index in [0.717, 1.165) is 11.3 Å². The predicted molar refractivity (Wildman–Crippen MR) is 83.3 cm³/mol. The fourth-order valence-electron chi connectivity index (χ4n) is 2.16. The summed E-state index contributed by atoms with van der Waals surface area (Å²) >= 11 is 0. The zero-order valence-corrected chi connectivity index (χ0v) is 12.6. The molecule has 2 aromatic rings. The molecule has 0 bridgehead atoms. The summed E-state index contributed by atoms with van der Waals surface area (Å²) in [7, 11) is 0. The fraction of sp³-hybridized carbons (Fsp3) is 0.294. The van der Waals surface area contributed by atoms with Gasteiger partial charge >= 0.3 is 0 Å². The molecule has 0 unspecified atom stereocenters. The second kappa shape index (κ2) is 6.39. The van der Waals surface area contributed by atoms with Crippen LogP contribution in [0, 0.1) is 6.92 Å². The van der Waals surface area contributed by atoms with Crippen LogP contribution in [0.2, 0.25) is 0 Å². The minimum Gasteiger partial charge on any atom is -0.364 e. The van der Waals surface area contributed by atoms with E-state index in [1.54, 1.807) is 11.8 Å². The van der Waals surface area contributed by atoms with Crippen molar-refractivity contribution in [3.05, 3.63) is 69.6 Å². The molecule has 0 atom stereocenters. The van der Waals surface area contributed by atoms with E-state index in [1.807, 2.05) is 44.2 Å². The minimum atomic E-state index is -0.241. The highest BCUT2D eigenvalue weighted by atomic mass is 16.2. The number of nitrogens with one attached hydrogen (secondary N) is 1. The smallest absolute Gasteiger partial charge is 0.259 e. The number of aryl methyl sites for hydroxylation is 1. The average molecular weight is 284 g/mol. The number of carbonyl (C=O) groups excluding carboxylic acids is 1. The molecule has 4 heteroatoms. The molecule has 1 aromatic heterocycles. The maximum atomic E-state index is 12.6. The van der Waals surface area contributed by atoms with Crippen molar-refractivity contribution in [3.8, 4) is 0 Å². The number of benzene rings is 1. The van der Waals surface area contributed by atoms with Crippen molar-refractivity contribution in [2.24, 2.45) is 0 Å². The standard InChI is InChI=1S/C17H20N2O2/c1-12(2)19(11-14-7-5-4-6-8-14)17(21)15-10-18-13(3)9-16(15)20/h4-10,12H,11H2,1-3H3,(H,18,20). The van der Waals surface area contributed by atoms with Gasteiger partial charge in [0.1, 0.15) is 5.56 Å². The van der Waals surface area contributed by atoms with Crippen LogP contribution in [0.5, 0.6) is 0 Å². The largest absolute Gasteiger partial charge is 0.364 e. The Kier molecular flexibility index (Phi) is 4.58. The molecule has 1 amide bonds. The number of nitrogens with zero attached hydrogens (tertiary/aromatic N) is 1. The minimum absolute atomic E-state index is 0.0124. The van der Waals surface area contributed by atoms with Gasteiger partial charge < -0.3 is 9.88 Å². The third kappa shape index (κ3) is 3.60. The van der Waals surface area contributed by atoms with E-state index in [-0.39, 0.29) is 22.9 Å². The molecule has 0 spiro atoms. The van der Waals surface area contributed by atoms with Crippen molar-refractivity contribution >= 4 is 5.91 Å². The second-order valence-corrected chi connectivity index (χ2v) is 5.41. The van der Waals surface area contributed by atoms with Crippen molar-refractivity contribution in [2.75, 3.05) is 0 Å². The van der Waals surface area contributed by atoms with Crippen LogP contribution in [0.25, 0.3) is 0 Å². The number of pyridine rings is 1. The van der Waals surface area contributed by atoms with Crippen LogP contribution in [0.15, 0.2) is 47.4 Å². The van der Waals surface area contributed by atoms with Crippen LogP contribution in [0.3, 0.4) is 0 Å². The van der Waals surface area contributed by atoms with Gasteiger partial charge in [0.15, 0.2) is 5.43 Å². The molecule has 0 aliphatic heterocycles. The van der Waals surface area contributed by atoms with Gasteiger partial charge in [0.25, 0.3) is 5.91 Å². The molecular weight excluding hydrogens is 264 g/mol. The Morgan fingerprint density at radius 2 is 1.90 bits per heavy atom. The number of carbonyl (C=O) groups is 1. The summed E-state index contributed by atoms with van der Waals surface area (Å²) in [5.41, 5.74) is 1.74. The lowest BCUT2D eigenvalue weighted by molar-refractivity contribution is 0.0688. The SMILES string of the molecule is Cc1cc(=O)c(C(=O)N(Cc2ccccc2)C(C)C)c[nH]1. The van der Waals surface area contributed by atoms with Crippen molar-refractivity contribution in [3.63, 3.8) is 0 Å². The highest BCUT2D eigenvalue weighted by molar-refractivity contribution is 5.94. The van der Waals surface area contributed by atoms with Crippen molar-refractivity contribution < 1.29 is 4.79 Å². The summed E-state index contributed by atoms with van der Waals surface area (Å²) in [5.74, 6) is -0.241. The molecule has 0 radical (unpaired) electrons. The Hall–Kier alpha value is -2.36. The molecule has 4 nitrogen and oxygen atoms in total. The van der Waals surface area contributed by atoms with E-state index in [0.29, 0.717) is 6.54 Å². The number of rotatable bonds is 4. The van der Waals surface area contributed by atoms with Crippen molar-refractivity contribution in [1.29, 1.82) is 0 Å². The quantitative estimate of drug-likeness (QED) is 0.938. The Morgan fingerprint density at radius 3 is 2.48 bits per heavy atom. The Bertz CT molecular complexity index is 675. The number of hydrogen-bond donors (Lipinski definition) is 1. The van der Waals surface area contributed by atoms with Gasteiger partial charge in [0.2, 0.25) is 0 Å². The molecule has 21 heavy (non-hydrogen) atoms. The maximum Gasteiger partial charge on any atom is 0.259 e. The summed E-state index contributed by atoms with van der Waals surface area (Å²) in [6.07, 6.45) is 1.50. The van der Waals surface area contributed by atoms with Crippen LogP contribution < -0.4 is 5.43 Å². The van der Waals surface area contributed by atoms with Crippen molar-refractivity contribution in [2.45, 2.75) is 33.4 Å². The Labute approximate surface area is 124 Å². The molecule has 1 aromatic carbocycles. The molecule has 0 fully saturated rings. The molecule has 0 saturated heterocycles. The predicted octanol–water partition coefficient (Wildman–Crippen LogP) is 2.73. The van der Waals surface area contributed by atoms with Gasteiger partial charge in [-0.15, -0.1) is 0 Å². The van der Waals surface area contributed by atoms with Gasteiger partial charge in [0.05, 0.1) is 0 Å². The van der Waals surface area contributed by atoms with E-state index in [2.05, 4.69) is 4.98 Å². The normalized spacial score (nSPS) is 10.7. The van der Waals surface area contributed by atoms with E-state index < -0.39 is 0 Å².